The van der Waals surface area contributed by atoms with Crippen molar-refractivity contribution in [3.8, 4) is 0 Å². The summed E-state index contributed by atoms with van der Waals surface area (Å²) in [7, 11) is 0. The summed E-state index contributed by atoms with van der Waals surface area (Å²) in [6, 6.07) is 15.0. The SMILES string of the molecule is Clc1ccc([C@@H]2Nc3c(Br)cccc3[C@H]3C=CC[C@@H]32)cc1. The molecule has 21 heavy (non-hydrogen) atoms. The van der Waals surface area contributed by atoms with Crippen molar-refractivity contribution in [1.82, 2.24) is 0 Å². The van der Waals surface area contributed by atoms with Gasteiger partial charge in [0.25, 0.3) is 0 Å². The number of allylic oxidation sites excluding steroid dienone is 2. The first-order valence-electron chi connectivity index (χ1n) is 7.21. The van der Waals surface area contributed by atoms with Gasteiger partial charge in [-0.05, 0) is 57.6 Å². The fourth-order valence-corrected chi connectivity index (χ4v) is 4.21. The zero-order valence-electron chi connectivity index (χ0n) is 11.4. The molecule has 2 aromatic rings. The van der Waals surface area contributed by atoms with Crippen molar-refractivity contribution >= 4 is 33.2 Å². The fourth-order valence-electron chi connectivity index (χ4n) is 3.58. The highest BCUT2D eigenvalue weighted by Gasteiger charge is 2.38. The van der Waals surface area contributed by atoms with E-state index in [1.165, 1.54) is 16.8 Å². The predicted octanol–water partition coefficient (Wildman–Crippen LogP) is 5.93. The summed E-state index contributed by atoms with van der Waals surface area (Å²) in [5, 5.41) is 4.53. The summed E-state index contributed by atoms with van der Waals surface area (Å²) in [6.07, 6.45) is 5.80. The number of rotatable bonds is 1. The maximum absolute atomic E-state index is 6.03. The number of nitrogens with one attached hydrogen (secondary N) is 1. The number of anilines is 1. The smallest absolute Gasteiger partial charge is 0.0554 e. The predicted molar refractivity (Wildman–Crippen MR) is 91.9 cm³/mol. The van der Waals surface area contributed by atoms with E-state index >= 15 is 0 Å². The minimum absolute atomic E-state index is 0.327. The van der Waals surface area contributed by atoms with Gasteiger partial charge in [0.15, 0.2) is 0 Å². The van der Waals surface area contributed by atoms with Gasteiger partial charge in [0.1, 0.15) is 0 Å². The molecule has 2 aliphatic rings. The summed E-state index contributed by atoms with van der Waals surface area (Å²) in [6.45, 7) is 0. The average Bonchev–Trinajstić information content (AvgIpc) is 2.98. The monoisotopic (exact) mass is 359 g/mol. The lowest BCUT2D eigenvalue weighted by Gasteiger charge is -2.38. The highest BCUT2D eigenvalue weighted by atomic mass is 79.9. The largest absolute Gasteiger partial charge is 0.377 e. The Morgan fingerprint density at radius 1 is 1.10 bits per heavy atom. The molecule has 0 spiro atoms. The van der Waals surface area contributed by atoms with E-state index in [2.05, 4.69) is 63.7 Å². The van der Waals surface area contributed by atoms with Crippen LogP contribution in [-0.4, -0.2) is 0 Å². The molecular weight excluding hydrogens is 346 g/mol. The van der Waals surface area contributed by atoms with Gasteiger partial charge >= 0.3 is 0 Å². The Morgan fingerprint density at radius 3 is 2.71 bits per heavy atom. The van der Waals surface area contributed by atoms with Crippen LogP contribution in [0.3, 0.4) is 0 Å². The van der Waals surface area contributed by atoms with E-state index in [1.807, 2.05) is 12.1 Å². The van der Waals surface area contributed by atoms with Crippen molar-refractivity contribution in [2.75, 3.05) is 5.32 Å². The topological polar surface area (TPSA) is 12.0 Å². The lowest BCUT2D eigenvalue weighted by molar-refractivity contribution is 0.425. The van der Waals surface area contributed by atoms with Gasteiger partial charge in [0.2, 0.25) is 0 Å². The normalized spacial score (nSPS) is 26.1. The molecular formula is C18H15BrClN. The van der Waals surface area contributed by atoms with Gasteiger partial charge in [-0.1, -0.05) is 48.0 Å². The molecule has 0 bridgehead atoms. The Morgan fingerprint density at radius 2 is 1.90 bits per heavy atom. The minimum Gasteiger partial charge on any atom is -0.377 e. The zero-order chi connectivity index (χ0) is 14.4. The summed E-state index contributed by atoms with van der Waals surface area (Å²) >= 11 is 9.71. The number of hydrogen-bond donors (Lipinski definition) is 1. The molecule has 4 rings (SSSR count). The quantitative estimate of drug-likeness (QED) is 0.622. The molecule has 1 aliphatic carbocycles. The van der Waals surface area contributed by atoms with Crippen LogP contribution in [0.25, 0.3) is 0 Å². The van der Waals surface area contributed by atoms with Crippen LogP contribution in [0.5, 0.6) is 0 Å². The molecule has 0 radical (unpaired) electrons. The molecule has 0 fully saturated rings. The van der Waals surface area contributed by atoms with Gasteiger partial charge in [-0.15, -0.1) is 0 Å². The van der Waals surface area contributed by atoms with E-state index in [-0.39, 0.29) is 0 Å². The molecule has 1 N–H and O–H groups in total. The number of fused-ring (bicyclic) bond motifs is 3. The van der Waals surface area contributed by atoms with Gasteiger partial charge in [-0.2, -0.15) is 0 Å². The van der Waals surface area contributed by atoms with Crippen LogP contribution in [0.15, 0.2) is 59.1 Å². The van der Waals surface area contributed by atoms with Crippen molar-refractivity contribution in [1.29, 1.82) is 0 Å². The van der Waals surface area contributed by atoms with E-state index < -0.39 is 0 Å². The molecule has 3 atom stereocenters. The van der Waals surface area contributed by atoms with E-state index in [9.17, 15) is 0 Å². The molecule has 2 aromatic carbocycles. The molecule has 1 aliphatic heterocycles. The van der Waals surface area contributed by atoms with E-state index in [4.69, 9.17) is 11.6 Å². The van der Waals surface area contributed by atoms with Crippen molar-refractivity contribution in [2.24, 2.45) is 5.92 Å². The highest BCUT2D eigenvalue weighted by molar-refractivity contribution is 9.10. The van der Waals surface area contributed by atoms with E-state index in [0.29, 0.717) is 17.9 Å². The molecule has 0 aromatic heterocycles. The van der Waals surface area contributed by atoms with Crippen LogP contribution in [-0.2, 0) is 0 Å². The third-order valence-corrected chi connectivity index (χ3v) is 5.49. The maximum Gasteiger partial charge on any atom is 0.0554 e. The maximum atomic E-state index is 6.03. The molecule has 3 heteroatoms. The third-order valence-electron chi connectivity index (χ3n) is 4.58. The standard InChI is InChI=1S/C18H15BrClN/c19-16-6-2-5-15-13-3-1-4-14(13)17(21-18(15)16)11-7-9-12(20)10-8-11/h1-3,5-10,13-14,17,21H,4H2/t13-,14-,17-/m0/s1. The number of benzene rings is 2. The van der Waals surface area contributed by atoms with Crippen molar-refractivity contribution in [3.05, 3.63) is 75.2 Å². The second-order valence-electron chi connectivity index (χ2n) is 5.73. The Labute approximate surface area is 138 Å². The minimum atomic E-state index is 0.327. The Hall–Kier alpha value is -1.25. The van der Waals surface area contributed by atoms with Crippen LogP contribution in [0, 0.1) is 5.92 Å². The van der Waals surface area contributed by atoms with Gasteiger partial charge in [0, 0.05) is 15.4 Å². The Bertz CT molecular complexity index is 708. The first-order chi connectivity index (χ1) is 10.2. The second kappa shape index (κ2) is 5.19. The van der Waals surface area contributed by atoms with Crippen molar-refractivity contribution < 1.29 is 0 Å². The van der Waals surface area contributed by atoms with Gasteiger partial charge in [0.05, 0.1) is 11.7 Å². The fraction of sp³-hybridized carbons (Fsp3) is 0.222. The summed E-state index contributed by atoms with van der Waals surface area (Å²) in [4.78, 5) is 0. The van der Waals surface area contributed by atoms with Gasteiger partial charge < -0.3 is 5.32 Å². The first kappa shape index (κ1) is 13.4. The van der Waals surface area contributed by atoms with E-state index in [0.717, 1.165) is 15.9 Å². The third kappa shape index (κ3) is 2.21. The summed E-state index contributed by atoms with van der Waals surface area (Å²) in [5.74, 6) is 1.08. The number of hydrogen-bond acceptors (Lipinski definition) is 1. The first-order valence-corrected chi connectivity index (χ1v) is 8.38. The summed E-state index contributed by atoms with van der Waals surface area (Å²) < 4.78 is 1.14. The van der Waals surface area contributed by atoms with Crippen molar-refractivity contribution in [3.63, 3.8) is 0 Å². The lowest BCUT2D eigenvalue weighted by atomic mass is 9.77. The second-order valence-corrected chi connectivity index (χ2v) is 7.02. The zero-order valence-corrected chi connectivity index (χ0v) is 13.7. The van der Waals surface area contributed by atoms with Gasteiger partial charge in [-0.25, -0.2) is 0 Å². The number of para-hydroxylation sites is 1. The molecule has 0 unspecified atom stereocenters. The van der Waals surface area contributed by atoms with E-state index in [1.54, 1.807) is 0 Å². The van der Waals surface area contributed by atoms with Crippen LogP contribution >= 0.6 is 27.5 Å². The molecule has 0 saturated heterocycles. The van der Waals surface area contributed by atoms with Crippen LogP contribution in [0.4, 0.5) is 5.69 Å². The number of halogens is 2. The Kier molecular flexibility index (Phi) is 3.31. The average molecular weight is 361 g/mol. The Balaban J connectivity index is 1.81. The molecule has 1 nitrogen and oxygen atoms in total. The van der Waals surface area contributed by atoms with Crippen LogP contribution in [0.1, 0.15) is 29.5 Å². The molecule has 0 amide bonds. The van der Waals surface area contributed by atoms with Crippen LogP contribution < -0.4 is 5.32 Å². The molecule has 1 heterocycles. The van der Waals surface area contributed by atoms with Crippen molar-refractivity contribution in [2.45, 2.75) is 18.4 Å². The molecule has 0 saturated carbocycles. The lowest BCUT2D eigenvalue weighted by Crippen LogP contribution is -2.29. The highest BCUT2D eigenvalue weighted by Crippen LogP contribution is 2.51. The van der Waals surface area contributed by atoms with Gasteiger partial charge in [-0.3, -0.25) is 0 Å². The molecule has 106 valence electrons. The summed E-state index contributed by atoms with van der Waals surface area (Å²) in [5.41, 5.74) is 3.93. The van der Waals surface area contributed by atoms with Crippen LogP contribution in [0.2, 0.25) is 5.02 Å².